The van der Waals surface area contributed by atoms with Gasteiger partial charge in [-0.05, 0) is 19.4 Å². The third kappa shape index (κ3) is 1.92. The Hall–Kier alpha value is -2.42. The monoisotopic (exact) mass is 297 g/mol. The molecule has 2 rings (SSSR count). The van der Waals surface area contributed by atoms with Gasteiger partial charge in [0, 0.05) is 0 Å². The lowest BCUT2D eigenvalue weighted by atomic mass is 10.2. The number of carboxylic acids is 1. The first-order chi connectivity index (χ1) is 9.25. The summed E-state index contributed by atoms with van der Waals surface area (Å²) in [5, 5.41) is 9.04. The van der Waals surface area contributed by atoms with Crippen LogP contribution in [-0.2, 0) is 4.79 Å². The molecule has 106 valence electrons. The van der Waals surface area contributed by atoms with Gasteiger partial charge in [-0.1, -0.05) is 0 Å². The highest BCUT2D eigenvalue weighted by atomic mass is 32.1. The van der Waals surface area contributed by atoms with Crippen LogP contribution in [0.4, 0.5) is 0 Å². The van der Waals surface area contributed by atoms with Crippen molar-refractivity contribution in [3.63, 3.8) is 0 Å². The van der Waals surface area contributed by atoms with Crippen molar-refractivity contribution in [2.45, 2.75) is 19.9 Å². The summed E-state index contributed by atoms with van der Waals surface area (Å²) >= 11 is 0.898. The first-order valence-electron chi connectivity index (χ1n) is 5.56. The molecule has 0 bridgehead atoms. The molecule has 0 aromatic carbocycles. The van der Waals surface area contributed by atoms with Crippen LogP contribution in [-0.4, -0.2) is 26.5 Å². The van der Waals surface area contributed by atoms with Crippen LogP contribution in [0.2, 0.25) is 0 Å². The number of carbonyl (C=O) groups excluding carboxylic acids is 1. The van der Waals surface area contributed by atoms with Gasteiger partial charge in [0.15, 0.2) is 0 Å². The van der Waals surface area contributed by atoms with Crippen LogP contribution in [0.1, 0.15) is 28.2 Å². The molecule has 0 aliphatic heterocycles. The maximum atomic E-state index is 12.3. The molecule has 2 aromatic heterocycles. The van der Waals surface area contributed by atoms with Crippen LogP contribution in [0.5, 0.6) is 0 Å². The fourth-order valence-electron chi connectivity index (χ4n) is 1.93. The van der Waals surface area contributed by atoms with E-state index in [1.54, 1.807) is 0 Å². The Bertz CT molecular complexity index is 844. The summed E-state index contributed by atoms with van der Waals surface area (Å²) in [5.41, 5.74) is 3.94. The molecular weight excluding hydrogens is 286 g/mol. The van der Waals surface area contributed by atoms with Gasteiger partial charge in [0.1, 0.15) is 10.9 Å². The number of carboxylic acid groups (broad SMARTS) is 1. The van der Waals surface area contributed by atoms with E-state index in [-0.39, 0.29) is 15.1 Å². The molecule has 0 saturated carbocycles. The second-order valence-corrected chi connectivity index (χ2v) is 5.26. The molecule has 2 aromatic rings. The molecule has 0 saturated heterocycles. The first-order valence-corrected chi connectivity index (χ1v) is 6.37. The molecule has 0 spiro atoms. The summed E-state index contributed by atoms with van der Waals surface area (Å²) in [7, 11) is 0. The average Bonchev–Trinajstić information content (AvgIpc) is 2.66. The van der Waals surface area contributed by atoms with Gasteiger partial charge < -0.3 is 10.8 Å². The predicted molar refractivity (Wildman–Crippen MR) is 72.3 cm³/mol. The Balaban J connectivity index is 2.92. The predicted octanol–water partition coefficient (Wildman–Crippen LogP) is -0.196. The van der Waals surface area contributed by atoms with Crippen LogP contribution in [0, 0.1) is 6.92 Å². The van der Waals surface area contributed by atoms with Gasteiger partial charge in [0.2, 0.25) is 0 Å². The number of thiophene rings is 1. The number of carbonyl (C=O) groups is 2. The number of aromatic amines is 1. The van der Waals surface area contributed by atoms with Gasteiger partial charge in [0.05, 0.1) is 10.3 Å². The highest BCUT2D eigenvalue weighted by molar-refractivity contribution is 7.20. The number of nitrogens with one attached hydrogen (secondary N) is 1. The minimum atomic E-state index is -1.31. The van der Waals surface area contributed by atoms with Gasteiger partial charge >= 0.3 is 11.7 Å². The minimum Gasteiger partial charge on any atom is -0.480 e. The van der Waals surface area contributed by atoms with Crippen LogP contribution in [0.15, 0.2) is 9.59 Å². The lowest BCUT2D eigenvalue weighted by Crippen LogP contribution is -2.39. The van der Waals surface area contributed by atoms with E-state index in [2.05, 4.69) is 4.98 Å². The zero-order valence-electron chi connectivity index (χ0n) is 10.6. The standard InChI is InChI=1S/C11H11N3O5S/c1-3-5-8(20-6(3)7(12)15)13-11(19)14(9(5)16)4(2)10(17)18/h4H,1-2H3,(H2,12,15)(H,13,19)(H,17,18). The molecule has 0 radical (unpaired) electrons. The Labute approximate surface area is 115 Å². The lowest BCUT2D eigenvalue weighted by Gasteiger charge is -2.08. The summed E-state index contributed by atoms with van der Waals surface area (Å²) in [6.45, 7) is 2.75. The van der Waals surface area contributed by atoms with Gasteiger partial charge in [-0.15, -0.1) is 11.3 Å². The van der Waals surface area contributed by atoms with Crippen molar-refractivity contribution in [1.29, 1.82) is 0 Å². The van der Waals surface area contributed by atoms with E-state index in [1.165, 1.54) is 13.8 Å². The number of H-pyrrole nitrogens is 1. The third-order valence-corrected chi connectivity index (χ3v) is 4.21. The molecule has 0 aliphatic rings. The van der Waals surface area contributed by atoms with E-state index in [0.29, 0.717) is 10.1 Å². The summed E-state index contributed by atoms with van der Waals surface area (Å²) in [6, 6.07) is -1.31. The highest BCUT2D eigenvalue weighted by Gasteiger charge is 2.23. The van der Waals surface area contributed by atoms with E-state index in [9.17, 15) is 19.2 Å². The topological polar surface area (TPSA) is 135 Å². The van der Waals surface area contributed by atoms with Crippen LogP contribution >= 0.6 is 11.3 Å². The molecular formula is C11H11N3O5S. The summed E-state index contributed by atoms with van der Waals surface area (Å²) < 4.78 is 0.606. The van der Waals surface area contributed by atoms with Crippen molar-refractivity contribution < 1.29 is 14.7 Å². The molecule has 0 aliphatic carbocycles. The van der Waals surface area contributed by atoms with Gasteiger partial charge in [-0.25, -0.2) is 14.2 Å². The average molecular weight is 297 g/mol. The number of nitrogens with two attached hydrogens (primary N) is 1. The smallest absolute Gasteiger partial charge is 0.330 e. The summed E-state index contributed by atoms with van der Waals surface area (Å²) in [5.74, 6) is -2.01. The number of fused-ring (bicyclic) bond motifs is 1. The number of hydrogen-bond donors (Lipinski definition) is 3. The summed E-state index contributed by atoms with van der Waals surface area (Å²) in [4.78, 5) is 49.1. The molecule has 1 atom stereocenters. The highest BCUT2D eigenvalue weighted by Crippen LogP contribution is 2.25. The number of nitrogens with zero attached hydrogens (tertiary/aromatic N) is 1. The van der Waals surface area contributed by atoms with Crippen LogP contribution in [0.3, 0.4) is 0 Å². The number of primary amides is 1. The molecule has 20 heavy (non-hydrogen) atoms. The number of aryl methyl sites for hydroxylation is 1. The van der Waals surface area contributed by atoms with E-state index in [4.69, 9.17) is 10.8 Å². The lowest BCUT2D eigenvalue weighted by molar-refractivity contribution is -0.140. The molecule has 4 N–H and O–H groups in total. The maximum absolute atomic E-state index is 12.3. The fourth-order valence-corrected chi connectivity index (χ4v) is 2.97. The second-order valence-electron chi connectivity index (χ2n) is 4.24. The van der Waals surface area contributed by atoms with E-state index in [0.717, 1.165) is 11.3 Å². The van der Waals surface area contributed by atoms with E-state index >= 15 is 0 Å². The van der Waals surface area contributed by atoms with Gasteiger partial charge in [0.25, 0.3) is 11.5 Å². The quantitative estimate of drug-likeness (QED) is 0.721. The Morgan fingerprint density at radius 3 is 2.50 bits per heavy atom. The Kier molecular flexibility index (Phi) is 3.22. The third-order valence-electron chi connectivity index (χ3n) is 2.99. The molecule has 1 unspecified atom stereocenters. The van der Waals surface area contributed by atoms with Crippen molar-refractivity contribution in [3.05, 3.63) is 31.3 Å². The second kappa shape index (κ2) is 4.60. The van der Waals surface area contributed by atoms with Crippen LogP contribution < -0.4 is 17.0 Å². The van der Waals surface area contributed by atoms with Crippen molar-refractivity contribution >= 4 is 33.4 Å². The number of rotatable bonds is 3. The number of aromatic nitrogens is 2. The van der Waals surface area contributed by atoms with Crippen LogP contribution in [0.25, 0.3) is 10.2 Å². The number of amides is 1. The minimum absolute atomic E-state index is 0.108. The molecule has 9 heteroatoms. The Morgan fingerprint density at radius 1 is 1.40 bits per heavy atom. The van der Waals surface area contributed by atoms with Crippen molar-refractivity contribution in [2.75, 3.05) is 0 Å². The number of hydrogen-bond acceptors (Lipinski definition) is 5. The van der Waals surface area contributed by atoms with Crippen molar-refractivity contribution in [1.82, 2.24) is 9.55 Å². The molecule has 0 fully saturated rings. The SMILES string of the molecule is Cc1c(C(N)=O)sc2[nH]c(=O)n(C(C)C(=O)O)c(=O)c12. The summed E-state index contributed by atoms with van der Waals surface area (Å²) in [6.07, 6.45) is 0. The fraction of sp³-hybridized carbons (Fsp3) is 0.273. The van der Waals surface area contributed by atoms with Crippen molar-refractivity contribution in [3.8, 4) is 0 Å². The normalized spacial score (nSPS) is 12.5. The first kappa shape index (κ1) is 14.0. The largest absolute Gasteiger partial charge is 0.480 e. The molecule has 2 heterocycles. The van der Waals surface area contributed by atoms with Crippen molar-refractivity contribution in [2.24, 2.45) is 5.73 Å². The van der Waals surface area contributed by atoms with E-state index in [1.807, 2.05) is 0 Å². The zero-order valence-corrected chi connectivity index (χ0v) is 11.4. The van der Waals surface area contributed by atoms with E-state index < -0.39 is 29.2 Å². The molecule has 1 amide bonds. The maximum Gasteiger partial charge on any atom is 0.330 e. The van der Waals surface area contributed by atoms with Gasteiger partial charge in [-0.3, -0.25) is 14.6 Å². The number of aliphatic carboxylic acids is 1. The van der Waals surface area contributed by atoms with Gasteiger partial charge in [-0.2, -0.15) is 0 Å². The Morgan fingerprint density at radius 2 is 2.00 bits per heavy atom. The zero-order chi connectivity index (χ0) is 15.2. The molecule has 8 nitrogen and oxygen atoms in total.